The Labute approximate surface area is 151 Å². The van der Waals surface area contributed by atoms with Crippen LogP contribution in [0.2, 0.25) is 0 Å². The van der Waals surface area contributed by atoms with E-state index in [-0.39, 0.29) is 11.8 Å². The third kappa shape index (κ3) is 4.76. The van der Waals surface area contributed by atoms with Crippen molar-refractivity contribution in [2.45, 2.75) is 43.4 Å². The van der Waals surface area contributed by atoms with Crippen LogP contribution >= 0.6 is 11.8 Å². The monoisotopic (exact) mass is 364 g/mol. The zero-order valence-electron chi connectivity index (χ0n) is 14.6. The number of carboxylic acid groups (broad SMARTS) is 1. The number of thioether (sulfide) groups is 1. The van der Waals surface area contributed by atoms with Crippen LogP contribution in [0.5, 0.6) is 0 Å². The number of aliphatic hydroxyl groups is 1. The van der Waals surface area contributed by atoms with E-state index in [0.29, 0.717) is 6.42 Å². The number of carbonyl (C=O) groups is 2. The number of aliphatic carboxylic acids is 1. The lowest BCUT2D eigenvalue weighted by molar-refractivity contribution is -0.142. The number of nitrogens with one attached hydrogen (secondary N) is 2. The first-order chi connectivity index (χ1) is 11.8. The summed E-state index contributed by atoms with van der Waals surface area (Å²) in [7, 11) is 0. The van der Waals surface area contributed by atoms with Crippen LogP contribution in [0.3, 0.4) is 0 Å². The van der Waals surface area contributed by atoms with Crippen LogP contribution < -0.4 is 5.32 Å². The number of hydrogen-bond acceptors (Lipinski definition) is 4. The summed E-state index contributed by atoms with van der Waals surface area (Å²) in [5.74, 6) is -1.35. The molecular formula is C18H24N2O4S. The molecule has 0 spiro atoms. The Kier molecular flexibility index (Phi) is 6.50. The van der Waals surface area contributed by atoms with E-state index in [2.05, 4.69) is 10.3 Å². The van der Waals surface area contributed by atoms with Gasteiger partial charge in [0, 0.05) is 22.0 Å². The van der Waals surface area contributed by atoms with E-state index in [9.17, 15) is 9.59 Å². The normalized spacial score (nSPS) is 13.8. The first kappa shape index (κ1) is 19.3. The Hall–Kier alpha value is -1.99. The van der Waals surface area contributed by atoms with Gasteiger partial charge in [0.2, 0.25) is 5.91 Å². The van der Waals surface area contributed by atoms with E-state index < -0.39 is 23.9 Å². The van der Waals surface area contributed by atoms with Gasteiger partial charge >= 0.3 is 5.97 Å². The number of fused-ring (bicyclic) bond motifs is 1. The summed E-state index contributed by atoms with van der Waals surface area (Å²) in [6, 6.07) is 4.69. The predicted molar refractivity (Wildman–Crippen MR) is 98.8 cm³/mol. The van der Waals surface area contributed by atoms with Crippen molar-refractivity contribution in [3.8, 4) is 0 Å². The Morgan fingerprint density at radius 1 is 1.32 bits per heavy atom. The number of carbonyl (C=O) groups excluding carboxylic acids is 1. The van der Waals surface area contributed by atoms with Crippen LogP contribution in [-0.4, -0.2) is 45.0 Å². The molecule has 1 unspecified atom stereocenters. The number of H-pyrrole nitrogens is 1. The molecule has 25 heavy (non-hydrogen) atoms. The maximum absolute atomic E-state index is 12.6. The quantitative estimate of drug-likeness (QED) is 0.539. The van der Waals surface area contributed by atoms with Crippen molar-refractivity contribution in [3.05, 3.63) is 30.0 Å². The molecule has 0 saturated heterocycles. The number of aromatic nitrogens is 1. The fraction of sp³-hybridized carbons (Fsp3) is 0.444. The first-order valence-corrected chi connectivity index (χ1v) is 9.08. The third-order valence-corrected chi connectivity index (χ3v) is 5.19. The Morgan fingerprint density at radius 3 is 2.64 bits per heavy atom. The van der Waals surface area contributed by atoms with Crippen LogP contribution in [0.4, 0.5) is 0 Å². The summed E-state index contributed by atoms with van der Waals surface area (Å²) in [6.07, 6.45) is 2.48. The maximum atomic E-state index is 12.6. The van der Waals surface area contributed by atoms with Gasteiger partial charge in [-0.1, -0.05) is 26.0 Å². The topological polar surface area (TPSA) is 102 Å². The Balaban J connectivity index is 2.25. The molecule has 0 fully saturated rings. The number of carboxylic acids is 1. The van der Waals surface area contributed by atoms with Crippen LogP contribution in [0.25, 0.3) is 10.9 Å². The number of rotatable bonds is 8. The molecule has 1 aromatic carbocycles. The van der Waals surface area contributed by atoms with Crippen molar-refractivity contribution in [3.63, 3.8) is 0 Å². The smallest absolute Gasteiger partial charge is 0.328 e. The summed E-state index contributed by atoms with van der Waals surface area (Å²) in [5.41, 5.74) is 2.12. The van der Waals surface area contributed by atoms with Crippen molar-refractivity contribution in [2.24, 2.45) is 5.92 Å². The average molecular weight is 364 g/mol. The fourth-order valence-corrected chi connectivity index (χ4v) is 4.14. The molecule has 0 aliphatic heterocycles. The molecule has 4 N–H and O–H groups in total. The van der Waals surface area contributed by atoms with E-state index in [4.69, 9.17) is 10.2 Å². The van der Waals surface area contributed by atoms with Crippen molar-refractivity contribution in [1.82, 2.24) is 10.3 Å². The molecule has 0 bridgehead atoms. The van der Waals surface area contributed by atoms with Crippen LogP contribution in [0, 0.1) is 12.8 Å². The summed E-state index contributed by atoms with van der Waals surface area (Å²) in [6.45, 7) is 5.42. The van der Waals surface area contributed by atoms with E-state index in [1.807, 2.05) is 45.2 Å². The van der Waals surface area contributed by atoms with E-state index in [1.54, 1.807) is 0 Å². The molecule has 136 valence electrons. The van der Waals surface area contributed by atoms with E-state index >= 15 is 0 Å². The van der Waals surface area contributed by atoms with Gasteiger partial charge in [0.1, 0.15) is 6.04 Å². The highest BCUT2D eigenvalue weighted by molar-refractivity contribution is 8.00. The molecule has 0 aliphatic carbocycles. The Morgan fingerprint density at radius 2 is 2.04 bits per heavy atom. The van der Waals surface area contributed by atoms with Gasteiger partial charge in [0.05, 0.1) is 11.9 Å². The zero-order chi connectivity index (χ0) is 18.6. The fourth-order valence-electron chi connectivity index (χ4n) is 2.66. The second-order valence-corrected chi connectivity index (χ2v) is 7.71. The number of aryl methyl sites for hydroxylation is 1. The standard InChI is InChI=1S/C18H24N2O4S/c1-10(2)7-14(17(22)20-13(9-21)18(23)24)25-15-8-19-12-6-4-5-11(3)16(12)15/h4-6,8,10,13-14,19,21H,7,9H2,1-3H3,(H,20,22)(H,23,24)/t13?,14-/m1/s1. The molecule has 0 radical (unpaired) electrons. The van der Waals surface area contributed by atoms with Gasteiger partial charge in [0.25, 0.3) is 0 Å². The number of aromatic amines is 1. The molecular weight excluding hydrogens is 340 g/mol. The number of benzene rings is 1. The molecule has 6 nitrogen and oxygen atoms in total. The van der Waals surface area contributed by atoms with Gasteiger partial charge in [-0.25, -0.2) is 4.79 Å². The van der Waals surface area contributed by atoms with E-state index in [0.717, 1.165) is 21.4 Å². The molecule has 0 saturated carbocycles. The molecule has 1 amide bonds. The van der Waals surface area contributed by atoms with Crippen molar-refractivity contribution in [1.29, 1.82) is 0 Å². The minimum atomic E-state index is -1.28. The molecule has 1 heterocycles. The molecule has 2 rings (SSSR count). The highest BCUT2D eigenvalue weighted by Crippen LogP contribution is 2.35. The maximum Gasteiger partial charge on any atom is 0.328 e. The van der Waals surface area contributed by atoms with Crippen molar-refractivity contribution < 1.29 is 19.8 Å². The number of hydrogen-bond donors (Lipinski definition) is 4. The summed E-state index contributed by atoms with van der Waals surface area (Å²) in [5, 5.41) is 21.2. The van der Waals surface area contributed by atoms with Crippen LogP contribution in [-0.2, 0) is 9.59 Å². The zero-order valence-corrected chi connectivity index (χ0v) is 15.4. The SMILES string of the molecule is Cc1cccc2[nH]cc(S[C@H](CC(C)C)C(=O)NC(CO)C(=O)O)c12. The predicted octanol–water partition coefficient (Wildman–Crippen LogP) is 2.54. The van der Waals surface area contributed by atoms with E-state index in [1.165, 1.54) is 11.8 Å². The third-order valence-electron chi connectivity index (χ3n) is 3.92. The van der Waals surface area contributed by atoms with Gasteiger partial charge in [-0.05, 0) is 30.9 Å². The second-order valence-electron chi connectivity index (χ2n) is 6.47. The minimum absolute atomic E-state index is 0.270. The van der Waals surface area contributed by atoms with Gasteiger partial charge < -0.3 is 20.5 Å². The van der Waals surface area contributed by atoms with Gasteiger partial charge in [-0.2, -0.15) is 0 Å². The second kappa shape index (κ2) is 8.40. The van der Waals surface area contributed by atoms with Gasteiger partial charge in [-0.3, -0.25) is 4.79 Å². The minimum Gasteiger partial charge on any atom is -0.480 e. The molecule has 2 aromatic rings. The molecule has 0 aliphatic rings. The molecule has 1 aromatic heterocycles. The highest BCUT2D eigenvalue weighted by atomic mass is 32.2. The first-order valence-electron chi connectivity index (χ1n) is 8.20. The molecule has 7 heteroatoms. The largest absolute Gasteiger partial charge is 0.480 e. The lowest BCUT2D eigenvalue weighted by Crippen LogP contribution is -2.46. The summed E-state index contributed by atoms with van der Waals surface area (Å²) < 4.78 is 0. The van der Waals surface area contributed by atoms with Crippen LogP contribution in [0.1, 0.15) is 25.8 Å². The number of aliphatic hydroxyl groups excluding tert-OH is 1. The molecule has 2 atom stereocenters. The van der Waals surface area contributed by atoms with Crippen molar-refractivity contribution in [2.75, 3.05) is 6.61 Å². The highest BCUT2D eigenvalue weighted by Gasteiger charge is 2.27. The van der Waals surface area contributed by atoms with Crippen molar-refractivity contribution >= 4 is 34.5 Å². The lowest BCUT2D eigenvalue weighted by Gasteiger charge is -2.20. The number of amides is 1. The van der Waals surface area contributed by atoms with Gasteiger partial charge in [-0.15, -0.1) is 11.8 Å². The summed E-state index contributed by atoms with van der Waals surface area (Å²) in [4.78, 5) is 27.8. The van der Waals surface area contributed by atoms with Gasteiger partial charge in [0.15, 0.2) is 0 Å². The average Bonchev–Trinajstić information content (AvgIpc) is 2.95. The Bertz CT molecular complexity index is 757. The summed E-state index contributed by atoms with van der Waals surface area (Å²) >= 11 is 1.42. The van der Waals surface area contributed by atoms with Crippen LogP contribution in [0.15, 0.2) is 29.3 Å². The lowest BCUT2D eigenvalue weighted by atomic mass is 10.1.